The summed E-state index contributed by atoms with van der Waals surface area (Å²) in [6.45, 7) is 5.01. The fourth-order valence-corrected chi connectivity index (χ4v) is 2.00. The van der Waals surface area contributed by atoms with Gasteiger partial charge in [0.25, 0.3) is 6.47 Å². The normalized spacial score (nSPS) is 17.2. The van der Waals surface area contributed by atoms with Crippen LogP contribution in [0.1, 0.15) is 6.92 Å². The molecule has 1 heterocycles. The Morgan fingerprint density at radius 1 is 1.82 bits per heavy atom. The molecule has 0 saturated heterocycles. The summed E-state index contributed by atoms with van der Waals surface area (Å²) in [6.07, 6.45) is 0. The second-order valence-corrected chi connectivity index (χ2v) is 3.61. The van der Waals surface area contributed by atoms with Gasteiger partial charge in [-0.05, 0) is 0 Å². The Morgan fingerprint density at radius 3 is 3.18 bits per heavy atom. The second-order valence-electron chi connectivity index (χ2n) is 2.32. The number of rotatable bonds is 4. The summed E-state index contributed by atoms with van der Waals surface area (Å²) in [5.74, 6) is 1.16. The lowest BCUT2D eigenvalue weighted by Crippen LogP contribution is -2.18. The molecule has 1 rings (SSSR count). The van der Waals surface area contributed by atoms with Crippen LogP contribution >= 0.6 is 11.8 Å². The van der Waals surface area contributed by atoms with Crippen molar-refractivity contribution in [1.29, 1.82) is 0 Å². The molecule has 0 atom stereocenters. The van der Waals surface area contributed by atoms with Crippen molar-refractivity contribution in [3.8, 4) is 0 Å². The SMILES string of the molecule is CC1=[N+](CCOC=O)CCS1. The largest absolute Gasteiger partial charge is 0.461 e. The molecule has 62 valence electrons. The molecule has 0 unspecified atom stereocenters. The smallest absolute Gasteiger partial charge is 0.293 e. The third-order valence-electron chi connectivity index (χ3n) is 1.66. The minimum Gasteiger partial charge on any atom is -0.461 e. The van der Waals surface area contributed by atoms with Gasteiger partial charge >= 0.3 is 0 Å². The van der Waals surface area contributed by atoms with Gasteiger partial charge in [0.05, 0.1) is 5.75 Å². The van der Waals surface area contributed by atoms with E-state index in [9.17, 15) is 4.79 Å². The van der Waals surface area contributed by atoms with Gasteiger partial charge in [-0.15, -0.1) is 0 Å². The first-order chi connectivity index (χ1) is 5.34. The van der Waals surface area contributed by atoms with Crippen LogP contribution in [-0.2, 0) is 9.53 Å². The molecule has 0 N–H and O–H groups in total. The standard InChI is InChI=1S/C7H12NO2S/c1-7-8(3-5-11-7)2-4-10-6-9/h6H,2-5H2,1H3/q+1. The summed E-state index contributed by atoms with van der Waals surface area (Å²) in [7, 11) is 0. The lowest BCUT2D eigenvalue weighted by Gasteiger charge is -1.96. The van der Waals surface area contributed by atoms with E-state index < -0.39 is 0 Å². The lowest BCUT2D eigenvalue weighted by molar-refractivity contribution is -0.520. The molecule has 0 aromatic heterocycles. The van der Waals surface area contributed by atoms with Gasteiger partial charge in [-0.3, -0.25) is 4.79 Å². The highest BCUT2D eigenvalue weighted by atomic mass is 32.2. The molecule has 0 saturated carbocycles. The Balaban J connectivity index is 2.25. The van der Waals surface area contributed by atoms with Gasteiger partial charge in [-0.1, -0.05) is 11.8 Å². The third kappa shape index (κ3) is 2.54. The average molecular weight is 174 g/mol. The zero-order chi connectivity index (χ0) is 8.10. The molecular formula is C7H12NO2S+. The fraction of sp³-hybridized carbons (Fsp3) is 0.714. The van der Waals surface area contributed by atoms with Gasteiger partial charge in [-0.25, -0.2) is 4.58 Å². The highest BCUT2D eigenvalue weighted by Gasteiger charge is 2.17. The predicted octanol–water partition coefficient (Wildman–Crippen LogP) is 0.337. The minimum atomic E-state index is 0.499. The molecule has 4 heteroatoms. The van der Waals surface area contributed by atoms with E-state index in [2.05, 4.69) is 16.2 Å². The zero-order valence-corrected chi connectivity index (χ0v) is 7.39. The molecule has 0 amide bonds. The minimum absolute atomic E-state index is 0.499. The van der Waals surface area contributed by atoms with Crippen LogP contribution in [0.3, 0.4) is 0 Å². The van der Waals surface area contributed by atoms with Crippen molar-refractivity contribution < 1.29 is 14.1 Å². The van der Waals surface area contributed by atoms with Gasteiger partial charge < -0.3 is 4.74 Å². The molecule has 1 aliphatic rings. The number of ether oxygens (including phenoxy) is 1. The first-order valence-corrected chi connectivity index (χ1v) is 4.59. The van der Waals surface area contributed by atoms with E-state index >= 15 is 0 Å². The summed E-state index contributed by atoms with van der Waals surface area (Å²) in [6, 6.07) is 0. The molecule has 0 fully saturated rings. The van der Waals surface area contributed by atoms with Crippen LogP contribution in [0.2, 0.25) is 0 Å². The summed E-state index contributed by atoms with van der Waals surface area (Å²) in [5, 5.41) is 1.33. The van der Waals surface area contributed by atoms with E-state index in [1.165, 1.54) is 5.04 Å². The molecule has 0 spiro atoms. The molecule has 0 radical (unpaired) electrons. The Kier molecular flexibility index (Phi) is 3.42. The number of carbonyl (C=O) groups is 1. The summed E-state index contributed by atoms with van der Waals surface area (Å²) in [4.78, 5) is 9.81. The highest BCUT2D eigenvalue weighted by Crippen LogP contribution is 2.10. The number of carbonyl (C=O) groups excluding carboxylic acids is 1. The van der Waals surface area contributed by atoms with E-state index in [0.717, 1.165) is 18.8 Å². The molecule has 11 heavy (non-hydrogen) atoms. The first kappa shape index (κ1) is 8.59. The van der Waals surface area contributed by atoms with Gasteiger partial charge in [-0.2, -0.15) is 0 Å². The van der Waals surface area contributed by atoms with Crippen LogP contribution in [0.4, 0.5) is 0 Å². The van der Waals surface area contributed by atoms with Crippen LogP contribution in [-0.4, -0.2) is 41.5 Å². The second kappa shape index (κ2) is 4.38. The quantitative estimate of drug-likeness (QED) is 0.349. The monoisotopic (exact) mass is 174 g/mol. The predicted molar refractivity (Wildman–Crippen MR) is 45.1 cm³/mol. The van der Waals surface area contributed by atoms with E-state index in [4.69, 9.17) is 0 Å². The maximum absolute atomic E-state index is 9.81. The first-order valence-electron chi connectivity index (χ1n) is 3.61. The molecular weight excluding hydrogens is 162 g/mol. The van der Waals surface area contributed by atoms with Crippen molar-refractivity contribution >= 4 is 23.3 Å². The van der Waals surface area contributed by atoms with Crippen LogP contribution in [0.25, 0.3) is 0 Å². The molecule has 0 aromatic carbocycles. The van der Waals surface area contributed by atoms with Crippen molar-refractivity contribution in [2.24, 2.45) is 0 Å². The molecule has 0 bridgehead atoms. The fourth-order valence-electron chi connectivity index (χ4n) is 1.03. The number of hydrogen-bond acceptors (Lipinski definition) is 3. The van der Waals surface area contributed by atoms with Crippen molar-refractivity contribution in [2.75, 3.05) is 25.4 Å². The summed E-state index contributed by atoms with van der Waals surface area (Å²) < 4.78 is 6.83. The Bertz CT molecular complexity index is 179. The highest BCUT2D eigenvalue weighted by molar-refractivity contribution is 8.13. The number of hydrogen-bond donors (Lipinski definition) is 0. The Labute approximate surface area is 70.4 Å². The van der Waals surface area contributed by atoms with E-state index in [1.807, 2.05) is 11.8 Å². The molecule has 0 aliphatic carbocycles. The van der Waals surface area contributed by atoms with Crippen LogP contribution < -0.4 is 0 Å². The van der Waals surface area contributed by atoms with Crippen LogP contribution in [0, 0.1) is 0 Å². The van der Waals surface area contributed by atoms with E-state index in [0.29, 0.717) is 13.1 Å². The lowest BCUT2D eigenvalue weighted by atomic mass is 10.6. The Hall–Kier alpha value is -0.510. The third-order valence-corrected chi connectivity index (χ3v) is 2.73. The number of thioether (sulfide) groups is 1. The van der Waals surface area contributed by atoms with Crippen LogP contribution in [0.5, 0.6) is 0 Å². The molecule has 0 aromatic rings. The molecule has 1 aliphatic heterocycles. The van der Waals surface area contributed by atoms with Crippen molar-refractivity contribution in [3.05, 3.63) is 0 Å². The molecule has 3 nitrogen and oxygen atoms in total. The van der Waals surface area contributed by atoms with Crippen molar-refractivity contribution in [1.82, 2.24) is 0 Å². The van der Waals surface area contributed by atoms with Crippen LogP contribution in [0.15, 0.2) is 0 Å². The van der Waals surface area contributed by atoms with Gasteiger partial charge in [0.1, 0.15) is 6.61 Å². The average Bonchev–Trinajstić information content (AvgIpc) is 2.37. The van der Waals surface area contributed by atoms with E-state index in [-0.39, 0.29) is 0 Å². The summed E-state index contributed by atoms with van der Waals surface area (Å²) in [5.41, 5.74) is 0. The summed E-state index contributed by atoms with van der Waals surface area (Å²) >= 11 is 1.86. The van der Waals surface area contributed by atoms with Crippen molar-refractivity contribution in [3.63, 3.8) is 0 Å². The van der Waals surface area contributed by atoms with E-state index in [1.54, 1.807) is 0 Å². The number of nitrogens with zero attached hydrogens (tertiary/aromatic N) is 1. The Morgan fingerprint density at radius 2 is 2.64 bits per heavy atom. The van der Waals surface area contributed by atoms with Gasteiger partial charge in [0.2, 0.25) is 5.04 Å². The maximum Gasteiger partial charge on any atom is 0.293 e. The maximum atomic E-state index is 9.81. The topological polar surface area (TPSA) is 29.3 Å². The van der Waals surface area contributed by atoms with Gasteiger partial charge in [0, 0.05) is 6.92 Å². The van der Waals surface area contributed by atoms with Crippen molar-refractivity contribution in [2.45, 2.75) is 6.92 Å². The zero-order valence-electron chi connectivity index (χ0n) is 6.58. The van der Waals surface area contributed by atoms with Gasteiger partial charge in [0.15, 0.2) is 13.1 Å².